The van der Waals surface area contributed by atoms with E-state index in [0.717, 1.165) is 18.9 Å². The van der Waals surface area contributed by atoms with Gasteiger partial charge < -0.3 is 14.8 Å². The average Bonchev–Trinajstić information content (AvgIpc) is 2.27. The van der Waals surface area contributed by atoms with Gasteiger partial charge in [0.25, 0.3) is 0 Å². The molecule has 2 atom stereocenters. The van der Waals surface area contributed by atoms with Gasteiger partial charge in [0, 0.05) is 7.11 Å². The fraction of sp³-hybridized carbons (Fsp3) is 1.00. The zero-order valence-corrected chi connectivity index (χ0v) is 10.6. The summed E-state index contributed by atoms with van der Waals surface area (Å²) in [6, 6.07) is 0. The Morgan fingerprint density at radius 2 is 1.81 bits per heavy atom. The Labute approximate surface area is 98.9 Å². The molecule has 2 saturated carbocycles. The third-order valence-corrected chi connectivity index (χ3v) is 3.98. The second kappa shape index (κ2) is 5.99. The van der Waals surface area contributed by atoms with Crippen LogP contribution in [0.2, 0.25) is 0 Å². The average molecular weight is 227 g/mol. The quantitative estimate of drug-likeness (QED) is 0.779. The first-order chi connectivity index (χ1) is 7.81. The van der Waals surface area contributed by atoms with E-state index in [1.165, 1.54) is 32.1 Å². The number of rotatable bonds is 5. The van der Waals surface area contributed by atoms with Crippen molar-refractivity contribution in [2.75, 3.05) is 20.7 Å². The zero-order valence-electron chi connectivity index (χ0n) is 10.6. The minimum Gasteiger partial charge on any atom is -0.381 e. The molecule has 0 aromatic heterocycles. The number of ether oxygens (including phenoxy) is 2. The van der Waals surface area contributed by atoms with Crippen LogP contribution in [0, 0.1) is 5.92 Å². The molecule has 0 spiro atoms. The van der Waals surface area contributed by atoms with Crippen LogP contribution in [0.15, 0.2) is 0 Å². The Hall–Kier alpha value is -0.120. The summed E-state index contributed by atoms with van der Waals surface area (Å²) in [6.07, 6.45) is 8.71. The van der Waals surface area contributed by atoms with Crippen molar-refractivity contribution in [1.82, 2.24) is 5.32 Å². The minimum absolute atomic E-state index is 0.437. The summed E-state index contributed by atoms with van der Waals surface area (Å²) in [4.78, 5) is 0. The molecule has 0 aromatic rings. The third-order valence-electron chi connectivity index (χ3n) is 3.98. The van der Waals surface area contributed by atoms with Gasteiger partial charge in [-0.05, 0) is 58.0 Å². The standard InChI is InChI=1S/C13H25NO2/c1-14-9-10-6-13(7-10)16-12-5-3-4-11(8-12)15-2/h10-14H,3-9H2,1-2H3. The van der Waals surface area contributed by atoms with Crippen molar-refractivity contribution < 1.29 is 9.47 Å². The molecule has 2 aliphatic rings. The summed E-state index contributed by atoms with van der Waals surface area (Å²) in [5.74, 6) is 0.844. The van der Waals surface area contributed by atoms with Crippen LogP contribution in [-0.4, -0.2) is 39.0 Å². The van der Waals surface area contributed by atoms with Gasteiger partial charge in [0.2, 0.25) is 0 Å². The molecule has 0 aliphatic heterocycles. The monoisotopic (exact) mass is 227 g/mol. The van der Waals surface area contributed by atoms with Crippen molar-refractivity contribution in [2.24, 2.45) is 5.92 Å². The van der Waals surface area contributed by atoms with E-state index < -0.39 is 0 Å². The van der Waals surface area contributed by atoms with Gasteiger partial charge in [-0.2, -0.15) is 0 Å². The molecule has 94 valence electrons. The van der Waals surface area contributed by atoms with Gasteiger partial charge in [-0.25, -0.2) is 0 Å². The normalized spacial score (nSPS) is 39.4. The van der Waals surface area contributed by atoms with Crippen molar-refractivity contribution in [1.29, 1.82) is 0 Å². The van der Waals surface area contributed by atoms with Gasteiger partial charge in [0.05, 0.1) is 18.3 Å². The summed E-state index contributed by atoms with van der Waals surface area (Å²) < 4.78 is 11.6. The fourth-order valence-corrected chi connectivity index (χ4v) is 2.95. The van der Waals surface area contributed by atoms with E-state index in [4.69, 9.17) is 9.47 Å². The topological polar surface area (TPSA) is 30.5 Å². The molecule has 3 heteroatoms. The summed E-state index contributed by atoms with van der Waals surface area (Å²) in [7, 11) is 3.85. The van der Waals surface area contributed by atoms with E-state index in [2.05, 4.69) is 5.32 Å². The maximum absolute atomic E-state index is 6.13. The van der Waals surface area contributed by atoms with E-state index in [1.54, 1.807) is 0 Å². The van der Waals surface area contributed by atoms with Crippen LogP contribution in [0.4, 0.5) is 0 Å². The highest BCUT2D eigenvalue weighted by Crippen LogP contribution is 2.33. The highest BCUT2D eigenvalue weighted by Gasteiger charge is 2.32. The fourth-order valence-electron chi connectivity index (χ4n) is 2.95. The molecule has 16 heavy (non-hydrogen) atoms. The van der Waals surface area contributed by atoms with Gasteiger partial charge in [-0.15, -0.1) is 0 Å². The van der Waals surface area contributed by atoms with E-state index >= 15 is 0 Å². The molecule has 0 saturated heterocycles. The second-order valence-electron chi connectivity index (χ2n) is 5.30. The molecule has 0 bridgehead atoms. The van der Waals surface area contributed by atoms with Crippen molar-refractivity contribution in [3.63, 3.8) is 0 Å². The lowest BCUT2D eigenvalue weighted by atomic mass is 9.82. The van der Waals surface area contributed by atoms with Crippen LogP contribution >= 0.6 is 0 Å². The van der Waals surface area contributed by atoms with Gasteiger partial charge in [0.1, 0.15) is 0 Å². The predicted octanol–water partition coefficient (Wildman–Crippen LogP) is 1.96. The van der Waals surface area contributed by atoms with Crippen molar-refractivity contribution >= 4 is 0 Å². The van der Waals surface area contributed by atoms with E-state index in [0.29, 0.717) is 18.3 Å². The Bertz CT molecular complexity index is 204. The molecule has 2 unspecified atom stereocenters. The molecule has 2 fully saturated rings. The molecule has 2 aliphatic carbocycles. The summed E-state index contributed by atoms with van der Waals surface area (Å²) in [5, 5.41) is 3.23. The summed E-state index contributed by atoms with van der Waals surface area (Å²) in [6.45, 7) is 1.14. The first-order valence-electron chi connectivity index (χ1n) is 6.64. The first-order valence-corrected chi connectivity index (χ1v) is 6.64. The highest BCUT2D eigenvalue weighted by atomic mass is 16.5. The molecule has 0 radical (unpaired) electrons. The van der Waals surface area contributed by atoms with Gasteiger partial charge in [-0.1, -0.05) is 0 Å². The van der Waals surface area contributed by atoms with Crippen LogP contribution < -0.4 is 5.32 Å². The third kappa shape index (κ3) is 3.19. The first kappa shape index (κ1) is 12.3. The minimum atomic E-state index is 0.437. The second-order valence-corrected chi connectivity index (χ2v) is 5.30. The maximum atomic E-state index is 6.13. The Kier molecular flexibility index (Phi) is 4.62. The zero-order chi connectivity index (χ0) is 11.4. The number of methoxy groups -OCH3 is 1. The molecule has 3 nitrogen and oxygen atoms in total. The van der Waals surface area contributed by atoms with Crippen molar-refractivity contribution in [2.45, 2.75) is 56.8 Å². The van der Waals surface area contributed by atoms with Crippen LogP contribution in [0.1, 0.15) is 38.5 Å². The Morgan fingerprint density at radius 3 is 2.50 bits per heavy atom. The Morgan fingerprint density at radius 1 is 1.06 bits per heavy atom. The van der Waals surface area contributed by atoms with Gasteiger partial charge in [-0.3, -0.25) is 0 Å². The van der Waals surface area contributed by atoms with Crippen molar-refractivity contribution in [3.8, 4) is 0 Å². The summed E-state index contributed by atoms with van der Waals surface area (Å²) in [5.41, 5.74) is 0. The predicted molar refractivity (Wildman–Crippen MR) is 64.6 cm³/mol. The van der Waals surface area contributed by atoms with E-state index in [9.17, 15) is 0 Å². The highest BCUT2D eigenvalue weighted by molar-refractivity contribution is 4.84. The number of nitrogens with one attached hydrogen (secondary N) is 1. The van der Waals surface area contributed by atoms with Crippen LogP contribution in [-0.2, 0) is 9.47 Å². The van der Waals surface area contributed by atoms with E-state index in [-0.39, 0.29) is 0 Å². The van der Waals surface area contributed by atoms with Crippen LogP contribution in [0.25, 0.3) is 0 Å². The lowest BCUT2D eigenvalue weighted by Crippen LogP contribution is -2.40. The SMILES string of the molecule is CNCC1CC(OC2CCCC(OC)C2)C1. The Balaban J connectivity index is 1.63. The summed E-state index contributed by atoms with van der Waals surface area (Å²) >= 11 is 0. The van der Waals surface area contributed by atoms with Crippen molar-refractivity contribution in [3.05, 3.63) is 0 Å². The number of hydrogen-bond donors (Lipinski definition) is 1. The molecular formula is C13H25NO2. The lowest BCUT2D eigenvalue weighted by Gasteiger charge is -2.39. The molecule has 2 rings (SSSR count). The maximum Gasteiger partial charge on any atom is 0.0603 e. The van der Waals surface area contributed by atoms with Crippen LogP contribution in [0.5, 0.6) is 0 Å². The molecule has 1 N–H and O–H groups in total. The van der Waals surface area contributed by atoms with Gasteiger partial charge in [0.15, 0.2) is 0 Å². The molecule has 0 aromatic carbocycles. The molecule has 0 heterocycles. The molecular weight excluding hydrogens is 202 g/mol. The van der Waals surface area contributed by atoms with Crippen LogP contribution in [0.3, 0.4) is 0 Å². The molecule has 0 amide bonds. The van der Waals surface area contributed by atoms with E-state index in [1.807, 2.05) is 14.2 Å². The largest absolute Gasteiger partial charge is 0.381 e. The smallest absolute Gasteiger partial charge is 0.0603 e. The number of hydrogen-bond acceptors (Lipinski definition) is 3. The lowest BCUT2D eigenvalue weighted by molar-refractivity contribution is -0.105. The van der Waals surface area contributed by atoms with Gasteiger partial charge >= 0.3 is 0 Å².